The molecule has 6 nitrogen and oxygen atoms in total. The fraction of sp³-hybridized carbons (Fsp3) is 0.579. The lowest BCUT2D eigenvalue weighted by molar-refractivity contribution is 0.0101. The highest BCUT2D eigenvalue weighted by Crippen LogP contribution is 2.37. The maximum absolute atomic E-state index is 6.33. The summed E-state index contributed by atoms with van der Waals surface area (Å²) < 4.78 is 8.43. The van der Waals surface area contributed by atoms with Crippen molar-refractivity contribution in [3.63, 3.8) is 0 Å². The topological polar surface area (TPSA) is 46.4 Å². The lowest BCUT2D eigenvalue weighted by atomic mass is 9.96. The number of nitrogens with zero attached hydrogens (tertiary/aromatic N) is 5. The van der Waals surface area contributed by atoms with Gasteiger partial charge in [-0.3, -0.25) is 14.8 Å². The van der Waals surface area contributed by atoms with Gasteiger partial charge in [0.15, 0.2) is 0 Å². The van der Waals surface area contributed by atoms with E-state index >= 15 is 0 Å². The first kappa shape index (κ1) is 16.7. The molecule has 0 unspecified atom stereocenters. The van der Waals surface area contributed by atoms with Crippen LogP contribution >= 0.6 is 0 Å². The molecule has 2 aliphatic rings. The molecule has 0 aliphatic carbocycles. The van der Waals surface area contributed by atoms with Gasteiger partial charge < -0.3 is 9.30 Å². The van der Waals surface area contributed by atoms with E-state index in [9.17, 15) is 0 Å². The number of ether oxygens (including phenoxy) is 1. The number of hydrogen-bond donors (Lipinski definition) is 0. The van der Waals surface area contributed by atoms with Crippen LogP contribution in [-0.4, -0.2) is 62.7 Å². The van der Waals surface area contributed by atoms with Crippen LogP contribution in [-0.2, 0) is 24.9 Å². The third kappa shape index (κ3) is 3.61. The van der Waals surface area contributed by atoms with Crippen LogP contribution in [0.15, 0.2) is 36.9 Å². The molecule has 6 heteroatoms. The molecular formula is C19H27N5O. The number of hydrogen-bond acceptors (Lipinski definition) is 5. The SMILES string of the molecule is CN(Cc1ccccn1)[C@H]1CO[C@]2(CCN(Cc3cncn3C)C2)C1. The van der Waals surface area contributed by atoms with Crippen LogP contribution in [0.4, 0.5) is 0 Å². The lowest BCUT2D eigenvalue weighted by Gasteiger charge is -2.26. The molecule has 0 saturated carbocycles. The van der Waals surface area contributed by atoms with Crippen molar-refractivity contribution >= 4 is 0 Å². The number of likely N-dealkylation sites (tertiary alicyclic amines) is 1. The quantitative estimate of drug-likeness (QED) is 0.828. The van der Waals surface area contributed by atoms with Crippen LogP contribution in [0.3, 0.4) is 0 Å². The number of imidazole rings is 1. The van der Waals surface area contributed by atoms with Crippen LogP contribution in [0.25, 0.3) is 0 Å². The summed E-state index contributed by atoms with van der Waals surface area (Å²) in [5, 5.41) is 0. The van der Waals surface area contributed by atoms with Crippen molar-refractivity contribution in [2.45, 2.75) is 37.6 Å². The summed E-state index contributed by atoms with van der Waals surface area (Å²) in [6, 6.07) is 6.58. The molecule has 2 aromatic heterocycles. The first-order chi connectivity index (χ1) is 12.1. The summed E-state index contributed by atoms with van der Waals surface area (Å²) in [6.07, 6.45) is 7.93. The van der Waals surface area contributed by atoms with E-state index in [-0.39, 0.29) is 5.60 Å². The Morgan fingerprint density at radius 3 is 3.08 bits per heavy atom. The predicted octanol–water partition coefficient (Wildman–Crippen LogP) is 1.68. The second kappa shape index (κ2) is 6.86. The summed E-state index contributed by atoms with van der Waals surface area (Å²) in [4.78, 5) is 13.6. The van der Waals surface area contributed by atoms with Gasteiger partial charge >= 0.3 is 0 Å². The van der Waals surface area contributed by atoms with Gasteiger partial charge in [0.05, 0.1) is 29.9 Å². The molecule has 2 aromatic rings. The van der Waals surface area contributed by atoms with E-state index in [0.717, 1.165) is 51.3 Å². The molecule has 1 spiro atoms. The molecule has 2 saturated heterocycles. The minimum Gasteiger partial charge on any atom is -0.372 e. The largest absolute Gasteiger partial charge is 0.372 e. The van der Waals surface area contributed by atoms with Gasteiger partial charge in [0.1, 0.15) is 0 Å². The Labute approximate surface area is 149 Å². The van der Waals surface area contributed by atoms with Gasteiger partial charge in [-0.1, -0.05) is 6.07 Å². The fourth-order valence-corrected chi connectivity index (χ4v) is 4.09. The number of aromatic nitrogens is 3. The molecule has 0 bridgehead atoms. The predicted molar refractivity (Wildman–Crippen MR) is 95.9 cm³/mol. The first-order valence-corrected chi connectivity index (χ1v) is 9.05. The minimum atomic E-state index is 0.0294. The van der Waals surface area contributed by atoms with Crippen molar-refractivity contribution in [2.75, 3.05) is 26.7 Å². The van der Waals surface area contributed by atoms with Gasteiger partial charge in [-0.2, -0.15) is 0 Å². The zero-order valence-corrected chi connectivity index (χ0v) is 15.1. The van der Waals surface area contributed by atoms with Crippen LogP contribution in [0.1, 0.15) is 24.2 Å². The highest BCUT2D eigenvalue weighted by atomic mass is 16.5. The van der Waals surface area contributed by atoms with Crippen molar-refractivity contribution in [2.24, 2.45) is 7.05 Å². The normalized spacial score (nSPS) is 26.9. The average molecular weight is 341 g/mol. The molecule has 4 heterocycles. The molecule has 2 aliphatic heterocycles. The number of rotatable bonds is 5. The Hall–Kier alpha value is -1.76. The summed E-state index contributed by atoms with van der Waals surface area (Å²) in [5.41, 5.74) is 2.41. The highest BCUT2D eigenvalue weighted by molar-refractivity contribution is 5.06. The number of aryl methyl sites for hydroxylation is 1. The average Bonchev–Trinajstić information content (AvgIpc) is 3.32. The van der Waals surface area contributed by atoms with Crippen molar-refractivity contribution < 1.29 is 4.74 Å². The molecule has 134 valence electrons. The molecule has 0 amide bonds. The summed E-state index contributed by atoms with van der Waals surface area (Å²) in [7, 11) is 4.24. The molecule has 2 fully saturated rings. The summed E-state index contributed by atoms with van der Waals surface area (Å²) >= 11 is 0. The number of pyridine rings is 1. The second-order valence-corrected chi connectivity index (χ2v) is 7.54. The Kier molecular flexibility index (Phi) is 4.58. The van der Waals surface area contributed by atoms with E-state index in [1.807, 2.05) is 24.8 Å². The third-order valence-corrected chi connectivity index (χ3v) is 5.65. The van der Waals surface area contributed by atoms with Crippen LogP contribution in [0, 0.1) is 0 Å². The van der Waals surface area contributed by atoms with Crippen molar-refractivity contribution in [1.29, 1.82) is 0 Å². The standard InChI is InChI=1S/C19H27N5O/c1-22(11-16-5-3-4-7-21-16)17-9-19(25-13-17)6-8-24(14-19)12-18-10-20-15-23(18)2/h3-5,7,10,15,17H,6,8-9,11-14H2,1-2H3/t17-,19-/m1/s1. The Morgan fingerprint density at radius 2 is 2.32 bits per heavy atom. The van der Waals surface area contributed by atoms with Crippen LogP contribution in [0.5, 0.6) is 0 Å². The first-order valence-electron chi connectivity index (χ1n) is 9.05. The Morgan fingerprint density at radius 1 is 1.40 bits per heavy atom. The van der Waals surface area contributed by atoms with Gasteiger partial charge in [-0.25, -0.2) is 4.98 Å². The van der Waals surface area contributed by atoms with Gasteiger partial charge in [-0.05, 0) is 32.0 Å². The van der Waals surface area contributed by atoms with E-state index < -0.39 is 0 Å². The molecule has 0 N–H and O–H groups in total. The zero-order chi connectivity index (χ0) is 17.3. The zero-order valence-electron chi connectivity index (χ0n) is 15.1. The molecule has 0 radical (unpaired) electrons. The van der Waals surface area contributed by atoms with E-state index in [1.54, 1.807) is 0 Å². The monoisotopic (exact) mass is 341 g/mol. The van der Waals surface area contributed by atoms with Crippen molar-refractivity contribution in [3.8, 4) is 0 Å². The summed E-state index contributed by atoms with van der Waals surface area (Å²) in [5.74, 6) is 0. The smallest absolute Gasteiger partial charge is 0.0945 e. The summed E-state index contributed by atoms with van der Waals surface area (Å²) in [6.45, 7) is 4.77. The second-order valence-electron chi connectivity index (χ2n) is 7.54. The van der Waals surface area contributed by atoms with Crippen LogP contribution in [0.2, 0.25) is 0 Å². The van der Waals surface area contributed by atoms with E-state index in [0.29, 0.717) is 6.04 Å². The van der Waals surface area contributed by atoms with Crippen LogP contribution < -0.4 is 0 Å². The van der Waals surface area contributed by atoms with E-state index in [2.05, 4.69) is 50.6 Å². The highest BCUT2D eigenvalue weighted by Gasteiger charge is 2.46. The Bertz CT molecular complexity index is 703. The van der Waals surface area contributed by atoms with Gasteiger partial charge in [0, 0.05) is 51.7 Å². The minimum absolute atomic E-state index is 0.0294. The fourth-order valence-electron chi connectivity index (χ4n) is 4.09. The lowest BCUT2D eigenvalue weighted by Crippen LogP contribution is -2.36. The van der Waals surface area contributed by atoms with Crippen molar-refractivity contribution in [1.82, 2.24) is 24.3 Å². The van der Waals surface area contributed by atoms with Gasteiger partial charge in [0.25, 0.3) is 0 Å². The maximum Gasteiger partial charge on any atom is 0.0945 e. The Balaban J connectivity index is 1.33. The van der Waals surface area contributed by atoms with Crippen molar-refractivity contribution in [3.05, 3.63) is 48.3 Å². The van der Waals surface area contributed by atoms with E-state index in [4.69, 9.17) is 4.74 Å². The van der Waals surface area contributed by atoms with Gasteiger partial charge in [-0.15, -0.1) is 0 Å². The van der Waals surface area contributed by atoms with E-state index in [1.165, 1.54) is 5.69 Å². The molecule has 2 atom stereocenters. The third-order valence-electron chi connectivity index (χ3n) is 5.65. The molecule has 25 heavy (non-hydrogen) atoms. The molecule has 0 aromatic carbocycles. The maximum atomic E-state index is 6.33. The van der Waals surface area contributed by atoms with Gasteiger partial charge in [0.2, 0.25) is 0 Å². The molecular weight excluding hydrogens is 314 g/mol. The number of likely N-dealkylation sites (N-methyl/N-ethyl adjacent to an activating group) is 1. The molecule has 4 rings (SSSR count).